The topological polar surface area (TPSA) is 82.5 Å². The number of halogens is 1. The number of benzene rings is 3. The highest BCUT2D eigenvalue weighted by Gasteiger charge is 2.16. The summed E-state index contributed by atoms with van der Waals surface area (Å²) < 4.78 is 0. The zero-order chi connectivity index (χ0) is 26.9. The zero-order valence-corrected chi connectivity index (χ0v) is 22.8. The molecule has 38 heavy (non-hydrogen) atoms. The average Bonchev–Trinajstić information content (AvgIpc) is 3.41. The fourth-order valence-electron chi connectivity index (χ4n) is 3.96. The Morgan fingerprint density at radius 2 is 1.66 bits per heavy atom. The standard InChI is InChI=1S/C30H30ClN3O3S/c1-2-3-4-21-7-15-26(16-8-21)34(30-33-27(20-38-30)23-11-13-25(31)14-12-23)19-22-5-9-24(10-6-22)29(37)32-18-17-28(35)36/h5-16,20H,2-4,17-19H2,1H3,(H,32,37)(H,35,36). The molecule has 1 aromatic heterocycles. The molecule has 1 amide bonds. The second kappa shape index (κ2) is 13.2. The minimum absolute atomic E-state index is 0.0952. The van der Waals surface area contributed by atoms with Gasteiger partial charge in [0.25, 0.3) is 5.91 Å². The average molecular weight is 548 g/mol. The summed E-state index contributed by atoms with van der Waals surface area (Å²) in [5.41, 5.74) is 5.76. The van der Waals surface area contributed by atoms with Crippen LogP contribution in [0.3, 0.4) is 0 Å². The number of aromatic nitrogens is 1. The summed E-state index contributed by atoms with van der Waals surface area (Å²) in [7, 11) is 0. The Morgan fingerprint density at radius 1 is 0.974 bits per heavy atom. The summed E-state index contributed by atoms with van der Waals surface area (Å²) >= 11 is 7.64. The van der Waals surface area contributed by atoms with Gasteiger partial charge in [0.1, 0.15) is 0 Å². The number of hydrogen-bond donors (Lipinski definition) is 2. The number of nitrogens with one attached hydrogen (secondary N) is 1. The van der Waals surface area contributed by atoms with Crippen molar-refractivity contribution < 1.29 is 14.7 Å². The van der Waals surface area contributed by atoms with Gasteiger partial charge in [-0.2, -0.15) is 0 Å². The van der Waals surface area contributed by atoms with Crippen LogP contribution in [-0.2, 0) is 17.8 Å². The number of carboxylic acids is 1. The molecule has 0 aliphatic rings. The maximum atomic E-state index is 12.3. The molecule has 0 fully saturated rings. The molecule has 0 unspecified atom stereocenters. The third kappa shape index (κ3) is 7.43. The molecule has 8 heteroatoms. The number of carbonyl (C=O) groups is 2. The van der Waals surface area contributed by atoms with E-state index in [1.165, 1.54) is 5.56 Å². The van der Waals surface area contributed by atoms with Crippen molar-refractivity contribution in [2.75, 3.05) is 11.4 Å². The second-order valence-corrected chi connectivity index (χ2v) is 10.2. The second-order valence-electron chi connectivity index (χ2n) is 8.97. The molecule has 0 bridgehead atoms. The van der Waals surface area contributed by atoms with E-state index in [1.807, 2.05) is 41.8 Å². The van der Waals surface area contributed by atoms with Crippen LogP contribution in [-0.4, -0.2) is 28.5 Å². The van der Waals surface area contributed by atoms with Gasteiger partial charge < -0.3 is 15.3 Å². The Hall–Kier alpha value is -3.68. The number of nitrogens with zero attached hydrogens (tertiary/aromatic N) is 2. The molecule has 0 atom stereocenters. The van der Waals surface area contributed by atoms with Gasteiger partial charge in [0.15, 0.2) is 5.13 Å². The molecule has 3 aromatic carbocycles. The third-order valence-electron chi connectivity index (χ3n) is 6.11. The van der Waals surface area contributed by atoms with Gasteiger partial charge in [-0.1, -0.05) is 61.3 Å². The highest BCUT2D eigenvalue weighted by molar-refractivity contribution is 7.14. The van der Waals surface area contributed by atoms with Gasteiger partial charge in [-0.25, -0.2) is 4.98 Å². The molecule has 0 saturated heterocycles. The Labute approximate surface area is 231 Å². The number of carboxylic acid groups (broad SMARTS) is 1. The number of hydrogen-bond acceptors (Lipinski definition) is 5. The van der Waals surface area contributed by atoms with E-state index in [-0.39, 0.29) is 18.9 Å². The number of amides is 1. The lowest BCUT2D eigenvalue weighted by Gasteiger charge is -2.23. The van der Waals surface area contributed by atoms with Crippen LogP contribution in [0.15, 0.2) is 78.2 Å². The van der Waals surface area contributed by atoms with Gasteiger partial charge in [0, 0.05) is 33.8 Å². The summed E-state index contributed by atoms with van der Waals surface area (Å²) in [5, 5.41) is 15.0. The number of aliphatic carboxylic acids is 1. The van der Waals surface area contributed by atoms with Crippen LogP contribution < -0.4 is 10.2 Å². The summed E-state index contributed by atoms with van der Waals surface area (Å²) in [6.07, 6.45) is 3.27. The van der Waals surface area contributed by atoms with Gasteiger partial charge in [-0.3, -0.25) is 9.59 Å². The summed E-state index contributed by atoms with van der Waals surface area (Å²) in [4.78, 5) is 30.1. The molecule has 2 N–H and O–H groups in total. The van der Waals surface area contributed by atoms with Crippen molar-refractivity contribution in [2.24, 2.45) is 0 Å². The highest BCUT2D eigenvalue weighted by atomic mass is 35.5. The first-order chi connectivity index (χ1) is 18.4. The van der Waals surface area contributed by atoms with Crippen molar-refractivity contribution in [2.45, 2.75) is 39.2 Å². The van der Waals surface area contributed by atoms with E-state index in [1.54, 1.807) is 23.5 Å². The van der Waals surface area contributed by atoms with E-state index in [4.69, 9.17) is 21.7 Å². The quantitative estimate of drug-likeness (QED) is 0.194. The van der Waals surface area contributed by atoms with Gasteiger partial charge >= 0.3 is 5.97 Å². The van der Waals surface area contributed by atoms with Crippen molar-refractivity contribution in [1.29, 1.82) is 0 Å². The number of thiazole rings is 1. The number of aryl methyl sites for hydroxylation is 1. The Kier molecular flexibility index (Phi) is 9.51. The molecule has 1 heterocycles. The van der Waals surface area contributed by atoms with Gasteiger partial charge in [0.05, 0.1) is 18.7 Å². The number of unbranched alkanes of at least 4 members (excludes halogenated alkanes) is 1. The zero-order valence-electron chi connectivity index (χ0n) is 21.2. The Bertz CT molecular complexity index is 1350. The van der Waals surface area contributed by atoms with Gasteiger partial charge in [0.2, 0.25) is 0 Å². The molecule has 4 aromatic rings. The van der Waals surface area contributed by atoms with Gasteiger partial charge in [-0.15, -0.1) is 11.3 Å². The molecule has 0 spiro atoms. The number of rotatable bonds is 12. The monoisotopic (exact) mass is 547 g/mol. The van der Waals surface area contributed by atoms with Crippen molar-refractivity contribution in [3.63, 3.8) is 0 Å². The summed E-state index contributed by atoms with van der Waals surface area (Å²) in [6.45, 7) is 2.86. The number of anilines is 2. The van der Waals surface area contributed by atoms with Crippen LogP contribution in [0.5, 0.6) is 0 Å². The first-order valence-corrected chi connectivity index (χ1v) is 13.9. The van der Waals surface area contributed by atoms with E-state index in [0.717, 1.165) is 46.9 Å². The smallest absolute Gasteiger partial charge is 0.305 e. The van der Waals surface area contributed by atoms with E-state index in [2.05, 4.69) is 41.4 Å². The maximum Gasteiger partial charge on any atom is 0.305 e. The molecular weight excluding hydrogens is 518 g/mol. The molecule has 0 aliphatic heterocycles. The Morgan fingerprint density at radius 3 is 2.32 bits per heavy atom. The van der Waals surface area contributed by atoms with Crippen LogP contribution in [0.4, 0.5) is 10.8 Å². The SMILES string of the molecule is CCCCc1ccc(N(Cc2ccc(C(=O)NCCC(=O)O)cc2)c2nc(-c3ccc(Cl)cc3)cs2)cc1. The van der Waals surface area contributed by atoms with E-state index >= 15 is 0 Å². The predicted molar refractivity (Wildman–Crippen MR) is 154 cm³/mol. The minimum Gasteiger partial charge on any atom is -0.481 e. The van der Waals surface area contributed by atoms with E-state index in [0.29, 0.717) is 17.1 Å². The molecule has 4 rings (SSSR count). The fourth-order valence-corrected chi connectivity index (χ4v) is 4.94. The summed E-state index contributed by atoms with van der Waals surface area (Å²) in [6, 6.07) is 23.7. The molecule has 196 valence electrons. The normalized spacial score (nSPS) is 10.8. The van der Waals surface area contributed by atoms with Crippen LogP contribution in [0.25, 0.3) is 11.3 Å². The van der Waals surface area contributed by atoms with Crippen LogP contribution in [0.1, 0.15) is 47.7 Å². The van der Waals surface area contributed by atoms with Crippen LogP contribution in [0.2, 0.25) is 5.02 Å². The minimum atomic E-state index is -0.944. The molecule has 0 saturated carbocycles. The van der Waals surface area contributed by atoms with Crippen LogP contribution in [0, 0.1) is 0 Å². The molecular formula is C30H30ClN3O3S. The van der Waals surface area contributed by atoms with Gasteiger partial charge in [-0.05, 0) is 60.4 Å². The Balaban J connectivity index is 1.56. The maximum absolute atomic E-state index is 12.3. The summed E-state index contributed by atoms with van der Waals surface area (Å²) in [5.74, 6) is -1.23. The van der Waals surface area contributed by atoms with E-state index in [9.17, 15) is 9.59 Å². The van der Waals surface area contributed by atoms with E-state index < -0.39 is 5.97 Å². The molecule has 0 radical (unpaired) electrons. The first-order valence-electron chi connectivity index (χ1n) is 12.6. The third-order valence-corrected chi connectivity index (χ3v) is 7.23. The molecule has 6 nitrogen and oxygen atoms in total. The van der Waals surface area contributed by atoms with Crippen molar-refractivity contribution >= 4 is 45.6 Å². The lowest BCUT2D eigenvalue weighted by atomic mass is 10.1. The largest absolute Gasteiger partial charge is 0.481 e. The highest BCUT2D eigenvalue weighted by Crippen LogP contribution is 2.34. The number of carbonyl (C=O) groups excluding carboxylic acids is 1. The van der Waals surface area contributed by atoms with Crippen LogP contribution >= 0.6 is 22.9 Å². The lowest BCUT2D eigenvalue weighted by molar-refractivity contribution is -0.136. The van der Waals surface area contributed by atoms with Crippen molar-refractivity contribution in [3.05, 3.63) is 99.9 Å². The molecule has 0 aliphatic carbocycles. The van der Waals surface area contributed by atoms with Crippen molar-refractivity contribution in [1.82, 2.24) is 10.3 Å². The predicted octanol–water partition coefficient (Wildman–Crippen LogP) is 7.35. The first kappa shape index (κ1) is 27.4. The fraction of sp³-hybridized carbons (Fsp3) is 0.233. The lowest BCUT2D eigenvalue weighted by Crippen LogP contribution is -2.26. The van der Waals surface area contributed by atoms with Crippen molar-refractivity contribution in [3.8, 4) is 11.3 Å².